The third-order valence-corrected chi connectivity index (χ3v) is 6.62. The number of carbonyl (C=O) groups is 2. The number of ketones is 1. The van der Waals surface area contributed by atoms with Crippen LogP contribution in [0.4, 0.5) is 0 Å². The molecular weight excluding hydrogens is 430 g/mol. The molecule has 3 heterocycles. The molecular formula is C26H33N5O3. The maximum absolute atomic E-state index is 13.1. The second kappa shape index (κ2) is 10.3. The standard InChI is InChI=1S/C26H33N5O3/c1-17(2)12-18(13-23-28-22-7-5-4-6-21(22)26(34)29-23)14-24(32)31-10-8-19(9-11-31)25(33)20-15-27-30(3)16-20/h4-7,15-19H,8-14H2,1-3H3,(H,28,29,34)/t18-/m1/s1. The van der Waals surface area contributed by atoms with Crippen LogP contribution < -0.4 is 5.56 Å². The van der Waals surface area contributed by atoms with Crippen molar-refractivity contribution in [2.45, 2.75) is 46.0 Å². The van der Waals surface area contributed by atoms with Gasteiger partial charge in [0.15, 0.2) is 5.78 Å². The molecule has 1 aliphatic rings. The van der Waals surface area contributed by atoms with E-state index in [2.05, 4.69) is 28.9 Å². The van der Waals surface area contributed by atoms with E-state index < -0.39 is 0 Å². The number of hydrogen-bond donors (Lipinski definition) is 1. The van der Waals surface area contributed by atoms with Gasteiger partial charge in [0.25, 0.3) is 5.56 Å². The molecule has 1 saturated heterocycles. The summed E-state index contributed by atoms with van der Waals surface area (Å²) < 4.78 is 1.64. The van der Waals surface area contributed by atoms with Gasteiger partial charge in [-0.3, -0.25) is 19.1 Å². The lowest BCUT2D eigenvalue weighted by Crippen LogP contribution is -2.41. The zero-order chi connectivity index (χ0) is 24.2. The quantitative estimate of drug-likeness (QED) is 0.516. The molecule has 8 nitrogen and oxygen atoms in total. The number of para-hydroxylation sites is 1. The van der Waals surface area contributed by atoms with Gasteiger partial charge in [-0.2, -0.15) is 5.10 Å². The van der Waals surface area contributed by atoms with Gasteiger partial charge in [0.1, 0.15) is 5.82 Å². The maximum Gasteiger partial charge on any atom is 0.258 e. The van der Waals surface area contributed by atoms with E-state index in [1.165, 1.54) is 0 Å². The van der Waals surface area contributed by atoms with Gasteiger partial charge in [-0.25, -0.2) is 4.98 Å². The first-order valence-corrected chi connectivity index (χ1v) is 12.1. The number of rotatable bonds is 8. The number of aromatic nitrogens is 4. The zero-order valence-electron chi connectivity index (χ0n) is 20.2. The molecule has 0 aliphatic carbocycles. The number of hydrogen-bond acceptors (Lipinski definition) is 5. The van der Waals surface area contributed by atoms with Crippen LogP contribution in [-0.4, -0.2) is 49.4 Å². The number of aromatic amines is 1. The molecule has 8 heteroatoms. The number of amides is 1. The van der Waals surface area contributed by atoms with Crippen molar-refractivity contribution in [3.8, 4) is 0 Å². The second-order valence-corrected chi connectivity index (χ2v) is 9.86. The Bertz CT molecular complexity index is 1220. The summed E-state index contributed by atoms with van der Waals surface area (Å²) in [7, 11) is 1.80. The lowest BCUT2D eigenvalue weighted by Gasteiger charge is -2.32. The number of piperidine rings is 1. The molecule has 4 rings (SSSR count). The number of likely N-dealkylation sites (tertiary alicyclic amines) is 1. The number of aryl methyl sites for hydroxylation is 1. The fourth-order valence-corrected chi connectivity index (χ4v) is 4.96. The molecule has 180 valence electrons. The molecule has 0 unspecified atom stereocenters. The van der Waals surface area contributed by atoms with Crippen LogP contribution in [0.1, 0.15) is 55.7 Å². The summed E-state index contributed by atoms with van der Waals surface area (Å²) in [4.78, 5) is 47.8. The van der Waals surface area contributed by atoms with Gasteiger partial charge < -0.3 is 9.88 Å². The van der Waals surface area contributed by atoms with E-state index in [0.29, 0.717) is 67.0 Å². The Labute approximate surface area is 199 Å². The molecule has 0 radical (unpaired) electrons. The summed E-state index contributed by atoms with van der Waals surface area (Å²) in [6.07, 6.45) is 6.55. The van der Waals surface area contributed by atoms with E-state index in [1.54, 1.807) is 30.2 Å². The maximum atomic E-state index is 13.1. The summed E-state index contributed by atoms with van der Waals surface area (Å²) in [5.74, 6) is 1.30. The first-order chi connectivity index (χ1) is 16.3. The largest absolute Gasteiger partial charge is 0.343 e. The van der Waals surface area contributed by atoms with Gasteiger partial charge in [-0.05, 0) is 43.2 Å². The fraction of sp³-hybridized carbons (Fsp3) is 0.500. The SMILES string of the molecule is CC(C)C[C@@H](CC(=O)N1CCC(C(=O)c2cnn(C)c2)CC1)Cc1nc2ccccc2c(=O)[nH]1. The molecule has 1 atom stereocenters. The Balaban J connectivity index is 1.38. The molecule has 2 aromatic heterocycles. The van der Waals surface area contributed by atoms with E-state index in [4.69, 9.17) is 0 Å². The van der Waals surface area contributed by atoms with Crippen molar-refractivity contribution in [2.75, 3.05) is 13.1 Å². The van der Waals surface area contributed by atoms with E-state index in [9.17, 15) is 14.4 Å². The number of nitrogens with zero attached hydrogens (tertiary/aromatic N) is 4. The molecule has 0 saturated carbocycles. The highest BCUT2D eigenvalue weighted by Crippen LogP contribution is 2.25. The number of fused-ring (bicyclic) bond motifs is 1. The summed E-state index contributed by atoms with van der Waals surface area (Å²) >= 11 is 0. The number of Topliss-reactive ketones (excluding diaryl/α,β-unsaturated/α-hetero) is 1. The molecule has 1 aliphatic heterocycles. The van der Waals surface area contributed by atoms with Crippen molar-refractivity contribution in [3.05, 3.63) is 58.4 Å². The van der Waals surface area contributed by atoms with Crippen molar-refractivity contribution < 1.29 is 9.59 Å². The Hall–Kier alpha value is -3.29. The van der Waals surface area contributed by atoms with Gasteiger partial charge in [0, 0.05) is 45.1 Å². The van der Waals surface area contributed by atoms with Gasteiger partial charge in [0.05, 0.1) is 22.7 Å². The van der Waals surface area contributed by atoms with E-state index in [-0.39, 0.29) is 29.1 Å². The average molecular weight is 464 g/mol. The van der Waals surface area contributed by atoms with Crippen LogP contribution >= 0.6 is 0 Å². The Morgan fingerprint density at radius 3 is 2.59 bits per heavy atom. The monoisotopic (exact) mass is 463 g/mol. The Morgan fingerprint density at radius 2 is 1.91 bits per heavy atom. The molecule has 34 heavy (non-hydrogen) atoms. The highest BCUT2D eigenvalue weighted by atomic mass is 16.2. The second-order valence-electron chi connectivity index (χ2n) is 9.86. The highest BCUT2D eigenvalue weighted by Gasteiger charge is 2.29. The van der Waals surface area contributed by atoms with Crippen molar-refractivity contribution in [3.63, 3.8) is 0 Å². The van der Waals surface area contributed by atoms with E-state index in [0.717, 1.165) is 6.42 Å². The third kappa shape index (κ3) is 5.61. The molecule has 1 amide bonds. The third-order valence-electron chi connectivity index (χ3n) is 6.62. The average Bonchev–Trinajstić information content (AvgIpc) is 3.24. The van der Waals surface area contributed by atoms with Crippen molar-refractivity contribution in [2.24, 2.45) is 24.8 Å². The zero-order valence-corrected chi connectivity index (χ0v) is 20.2. The van der Waals surface area contributed by atoms with E-state index >= 15 is 0 Å². The molecule has 0 spiro atoms. The summed E-state index contributed by atoms with van der Waals surface area (Å²) in [6.45, 7) is 5.47. The summed E-state index contributed by atoms with van der Waals surface area (Å²) in [6, 6.07) is 7.30. The minimum Gasteiger partial charge on any atom is -0.343 e. The van der Waals surface area contributed by atoms with Crippen LogP contribution in [0, 0.1) is 17.8 Å². The topological polar surface area (TPSA) is 101 Å². The number of nitrogens with one attached hydrogen (secondary N) is 1. The van der Waals surface area contributed by atoms with Gasteiger partial charge >= 0.3 is 0 Å². The van der Waals surface area contributed by atoms with Crippen molar-refractivity contribution >= 4 is 22.6 Å². The number of benzene rings is 1. The first kappa shape index (κ1) is 23.9. The van der Waals surface area contributed by atoms with Crippen LogP contribution in [0.3, 0.4) is 0 Å². The highest BCUT2D eigenvalue weighted by molar-refractivity contribution is 5.97. The minimum atomic E-state index is -0.143. The van der Waals surface area contributed by atoms with Gasteiger partial charge in [-0.1, -0.05) is 26.0 Å². The number of H-pyrrole nitrogens is 1. The van der Waals surface area contributed by atoms with Crippen LogP contribution in [0.25, 0.3) is 10.9 Å². The molecule has 1 N–H and O–H groups in total. The number of carbonyl (C=O) groups excluding carboxylic acids is 2. The Kier molecular flexibility index (Phi) is 7.24. The predicted octanol–water partition coefficient (Wildman–Crippen LogP) is 3.37. The lowest BCUT2D eigenvalue weighted by atomic mass is 9.88. The fourth-order valence-electron chi connectivity index (χ4n) is 4.96. The Morgan fingerprint density at radius 1 is 1.18 bits per heavy atom. The predicted molar refractivity (Wildman–Crippen MR) is 130 cm³/mol. The van der Waals surface area contributed by atoms with Crippen molar-refractivity contribution in [1.29, 1.82) is 0 Å². The smallest absolute Gasteiger partial charge is 0.258 e. The molecule has 1 fully saturated rings. The molecule has 3 aromatic rings. The summed E-state index contributed by atoms with van der Waals surface area (Å²) in [5.41, 5.74) is 1.17. The molecule has 0 bridgehead atoms. The minimum absolute atomic E-state index is 0.0633. The van der Waals surface area contributed by atoms with Gasteiger partial charge in [0.2, 0.25) is 5.91 Å². The van der Waals surface area contributed by atoms with Crippen molar-refractivity contribution in [1.82, 2.24) is 24.6 Å². The summed E-state index contributed by atoms with van der Waals surface area (Å²) in [5, 5.41) is 4.67. The lowest BCUT2D eigenvalue weighted by molar-refractivity contribution is -0.133. The van der Waals surface area contributed by atoms with E-state index in [1.807, 2.05) is 23.1 Å². The van der Waals surface area contributed by atoms with Crippen LogP contribution in [-0.2, 0) is 18.3 Å². The first-order valence-electron chi connectivity index (χ1n) is 12.1. The van der Waals surface area contributed by atoms with Crippen LogP contribution in [0.2, 0.25) is 0 Å². The molecule has 1 aromatic carbocycles. The van der Waals surface area contributed by atoms with Crippen LogP contribution in [0.5, 0.6) is 0 Å². The normalized spacial score (nSPS) is 15.7. The van der Waals surface area contributed by atoms with Gasteiger partial charge in [-0.15, -0.1) is 0 Å². The van der Waals surface area contributed by atoms with Crippen LogP contribution in [0.15, 0.2) is 41.5 Å².